The molecule has 7 nitrogen and oxygen atoms in total. The first-order valence-corrected chi connectivity index (χ1v) is 8.02. The largest absolute Gasteiger partial charge is 0.543 e. The highest BCUT2D eigenvalue weighted by Gasteiger charge is 2.14. The zero-order valence-electron chi connectivity index (χ0n) is 12.7. The van der Waals surface area contributed by atoms with Crippen LogP contribution in [0.4, 0.5) is 5.69 Å². The number of amides is 1. The molecule has 0 saturated carbocycles. The molecular weight excluding hydrogens is 390 g/mol. The number of hydrogen-bond donors (Lipinski definition) is 1. The summed E-state index contributed by atoms with van der Waals surface area (Å²) in [6, 6.07) is 13.1. The number of carbonyl (C=O) groups excluding carboxylic acids is 2. The highest BCUT2D eigenvalue weighted by molar-refractivity contribution is 9.10. The van der Waals surface area contributed by atoms with Crippen molar-refractivity contribution in [2.24, 2.45) is 0 Å². The summed E-state index contributed by atoms with van der Waals surface area (Å²) in [4.78, 5) is 36.0. The number of aromatic carboxylic acids is 1. The number of halogens is 1. The lowest BCUT2D eigenvalue weighted by Gasteiger charge is -2.12. The van der Waals surface area contributed by atoms with Crippen molar-refractivity contribution in [2.75, 3.05) is 5.32 Å². The van der Waals surface area contributed by atoms with E-state index in [-0.39, 0.29) is 16.5 Å². The summed E-state index contributed by atoms with van der Waals surface area (Å²) < 4.78 is 1.50. The van der Waals surface area contributed by atoms with Crippen molar-refractivity contribution in [3.8, 4) is 0 Å². The van der Waals surface area contributed by atoms with Gasteiger partial charge in [0.25, 0.3) is 5.56 Å². The van der Waals surface area contributed by atoms with Crippen LogP contribution in [0.25, 0.3) is 10.8 Å². The van der Waals surface area contributed by atoms with Crippen LogP contribution in [0.5, 0.6) is 0 Å². The standard InChI is InChI=1S/C17H12BrN3O4/c18-12-7-3-4-8-13(12)19-14(22)9-21-16(23)11-6-2-1-5-10(11)15(20-21)17(24)25/h1-8H,9H2,(H,19,22)(H,24,25)/p-1. The molecule has 1 heterocycles. The molecule has 0 saturated heterocycles. The van der Waals surface area contributed by atoms with Crippen LogP contribution in [0.15, 0.2) is 57.8 Å². The molecule has 1 aromatic heterocycles. The van der Waals surface area contributed by atoms with Gasteiger partial charge in [-0.15, -0.1) is 0 Å². The Kier molecular flexibility index (Phi) is 4.62. The number of para-hydroxylation sites is 1. The van der Waals surface area contributed by atoms with E-state index >= 15 is 0 Å². The van der Waals surface area contributed by atoms with Crippen LogP contribution in [-0.2, 0) is 11.3 Å². The highest BCUT2D eigenvalue weighted by Crippen LogP contribution is 2.21. The van der Waals surface area contributed by atoms with E-state index in [0.717, 1.165) is 4.68 Å². The Hall–Kier alpha value is -3.00. The number of carboxylic acids is 1. The molecule has 0 aliphatic heterocycles. The topological polar surface area (TPSA) is 104 Å². The number of carbonyl (C=O) groups is 2. The van der Waals surface area contributed by atoms with E-state index in [2.05, 4.69) is 26.3 Å². The second kappa shape index (κ2) is 6.86. The summed E-state index contributed by atoms with van der Waals surface area (Å²) in [5.74, 6) is -2.03. The van der Waals surface area contributed by atoms with Crippen molar-refractivity contribution < 1.29 is 14.7 Å². The maximum Gasteiger partial charge on any atom is 0.275 e. The molecule has 0 atom stereocenters. The molecule has 2 aromatic carbocycles. The molecule has 8 heteroatoms. The van der Waals surface area contributed by atoms with Crippen LogP contribution in [0.3, 0.4) is 0 Å². The van der Waals surface area contributed by atoms with Crippen molar-refractivity contribution in [1.82, 2.24) is 9.78 Å². The number of nitrogens with zero attached hydrogens (tertiary/aromatic N) is 2. The van der Waals surface area contributed by atoms with E-state index in [9.17, 15) is 19.5 Å². The molecule has 0 aliphatic carbocycles. The Balaban J connectivity index is 1.97. The summed E-state index contributed by atoms with van der Waals surface area (Å²) in [6.07, 6.45) is 0. The van der Waals surface area contributed by atoms with Crippen LogP contribution in [0, 0.1) is 0 Å². The van der Waals surface area contributed by atoms with Gasteiger partial charge in [-0.1, -0.05) is 30.3 Å². The monoisotopic (exact) mass is 400 g/mol. The van der Waals surface area contributed by atoms with E-state index in [1.54, 1.807) is 36.4 Å². The number of aromatic nitrogens is 2. The summed E-state index contributed by atoms with van der Waals surface area (Å²) in [5.41, 5.74) is -0.409. The SMILES string of the molecule is O=C(Cn1nc(C(=O)[O-])c2ccccc2c1=O)Nc1ccccc1Br. The highest BCUT2D eigenvalue weighted by atomic mass is 79.9. The third-order valence-electron chi connectivity index (χ3n) is 3.50. The zero-order chi connectivity index (χ0) is 18.0. The van der Waals surface area contributed by atoms with Gasteiger partial charge in [-0.2, -0.15) is 5.10 Å². The van der Waals surface area contributed by atoms with E-state index in [4.69, 9.17) is 0 Å². The minimum Gasteiger partial charge on any atom is -0.543 e. The number of nitrogens with one attached hydrogen (secondary N) is 1. The van der Waals surface area contributed by atoms with Gasteiger partial charge in [-0.05, 0) is 34.1 Å². The molecule has 0 aliphatic rings. The molecule has 3 rings (SSSR count). The van der Waals surface area contributed by atoms with Gasteiger partial charge in [0.2, 0.25) is 5.91 Å². The van der Waals surface area contributed by atoms with Crippen LogP contribution in [-0.4, -0.2) is 21.7 Å². The number of fused-ring (bicyclic) bond motifs is 1. The Morgan fingerprint density at radius 3 is 2.40 bits per heavy atom. The fourth-order valence-electron chi connectivity index (χ4n) is 2.38. The van der Waals surface area contributed by atoms with Crippen LogP contribution >= 0.6 is 15.9 Å². The molecule has 1 amide bonds. The molecule has 1 N–H and O–H groups in total. The second-order valence-corrected chi connectivity index (χ2v) is 6.03. The van der Waals surface area contributed by atoms with E-state index in [0.29, 0.717) is 10.2 Å². The second-order valence-electron chi connectivity index (χ2n) is 5.17. The lowest BCUT2D eigenvalue weighted by atomic mass is 10.1. The van der Waals surface area contributed by atoms with Crippen molar-refractivity contribution in [1.29, 1.82) is 0 Å². The molecule has 25 heavy (non-hydrogen) atoms. The van der Waals surface area contributed by atoms with Gasteiger partial charge in [0.15, 0.2) is 0 Å². The van der Waals surface area contributed by atoms with Crippen molar-refractivity contribution in [3.05, 3.63) is 69.1 Å². The average molecular weight is 401 g/mol. The minimum absolute atomic E-state index is 0.158. The number of rotatable bonds is 4. The van der Waals surface area contributed by atoms with E-state index in [1.165, 1.54) is 12.1 Å². The molecule has 0 spiro atoms. The summed E-state index contributed by atoms with van der Waals surface area (Å²) in [7, 11) is 0. The predicted octanol–water partition coefficient (Wildman–Crippen LogP) is 1.16. The van der Waals surface area contributed by atoms with Gasteiger partial charge in [0.05, 0.1) is 17.0 Å². The molecule has 0 bridgehead atoms. The summed E-state index contributed by atoms with van der Waals surface area (Å²) in [6.45, 7) is -0.425. The lowest BCUT2D eigenvalue weighted by Crippen LogP contribution is -2.34. The average Bonchev–Trinajstić information content (AvgIpc) is 2.59. The van der Waals surface area contributed by atoms with Crippen LogP contribution in [0.2, 0.25) is 0 Å². The first kappa shape index (κ1) is 16.8. The van der Waals surface area contributed by atoms with Gasteiger partial charge in [-0.3, -0.25) is 9.59 Å². The van der Waals surface area contributed by atoms with Gasteiger partial charge >= 0.3 is 0 Å². The first-order valence-electron chi connectivity index (χ1n) is 7.23. The number of benzene rings is 2. The maximum atomic E-state index is 12.5. The van der Waals surface area contributed by atoms with Crippen molar-refractivity contribution in [2.45, 2.75) is 6.54 Å². The van der Waals surface area contributed by atoms with Crippen LogP contribution in [0.1, 0.15) is 10.5 Å². The fourth-order valence-corrected chi connectivity index (χ4v) is 2.77. The molecule has 126 valence electrons. The van der Waals surface area contributed by atoms with Crippen molar-refractivity contribution >= 4 is 44.3 Å². The Bertz CT molecular complexity index is 1050. The van der Waals surface area contributed by atoms with Gasteiger partial charge in [-0.25, -0.2) is 4.68 Å². The molecule has 0 fully saturated rings. The maximum absolute atomic E-state index is 12.5. The quantitative estimate of drug-likeness (QED) is 0.707. The first-order chi connectivity index (χ1) is 12.0. The third kappa shape index (κ3) is 3.43. The fraction of sp³-hybridized carbons (Fsp3) is 0.0588. The van der Waals surface area contributed by atoms with Gasteiger partial charge < -0.3 is 15.2 Å². The third-order valence-corrected chi connectivity index (χ3v) is 4.19. The lowest BCUT2D eigenvalue weighted by molar-refractivity contribution is -0.255. The summed E-state index contributed by atoms with van der Waals surface area (Å²) >= 11 is 3.30. The Morgan fingerprint density at radius 1 is 1.08 bits per heavy atom. The molecular formula is C17H11BrN3O4-. The minimum atomic E-state index is -1.52. The molecule has 0 unspecified atom stereocenters. The predicted molar refractivity (Wildman–Crippen MR) is 93.1 cm³/mol. The van der Waals surface area contributed by atoms with E-state index < -0.39 is 24.0 Å². The normalized spacial score (nSPS) is 10.6. The number of carboxylic acid groups (broad SMARTS) is 1. The summed E-state index contributed by atoms with van der Waals surface area (Å²) in [5, 5.41) is 18.0. The Morgan fingerprint density at radius 2 is 1.72 bits per heavy atom. The zero-order valence-corrected chi connectivity index (χ0v) is 14.3. The van der Waals surface area contributed by atoms with Crippen molar-refractivity contribution in [3.63, 3.8) is 0 Å². The number of anilines is 1. The Labute approximate surface area is 150 Å². The van der Waals surface area contributed by atoms with Gasteiger partial charge in [0.1, 0.15) is 12.2 Å². The smallest absolute Gasteiger partial charge is 0.275 e. The van der Waals surface area contributed by atoms with Gasteiger partial charge in [0, 0.05) is 9.86 Å². The van der Waals surface area contributed by atoms with E-state index in [1.807, 2.05) is 0 Å². The number of hydrogen-bond acceptors (Lipinski definition) is 5. The molecule has 3 aromatic rings. The van der Waals surface area contributed by atoms with Crippen LogP contribution < -0.4 is 16.0 Å². The molecule has 0 radical (unpaired) electrons.